The van der Waals surface area contributed by atoms with Gasteiger partial charge in [-0.15, -0.1) is 0 Å². The monoisotopic (exact) mass is 234 g/mol. The summed E-state index contributed by atoms with van der Waals surface area (Å²) in [5.74, 6) is -2.81. The lowest BCUT2D eigenvalue weighted by molar-refractivity contribution is -0.0373. The van der Waals surface area contributed by atoms with Gasteiger partial charge in [0.1, 0.15) is 12.4 Å². The van der Waals surface area contributed by atoms with Gasteiger partial charge in [0.05, 0.1) is 17.9 Å². The van der Waals surface area contributed by atoms with Gasteiger partial charge in [0.2, 0.25) is 0 Å². The molecule has 0 aromatic carbocycles. The van der Waals surface area contributed by atoms with Crippen molar-refractivity contribution in [1.29, 1.82) is 0 Å². The Morgan fingerprint density at radius 3 is 2.62 bits per heavy atom. The molecule has 0 bridgehead atoms. The number of nitrogens with one attached hydrogen (secondary N) is 1. The molecule has 0 atom stereocenters. The van der Waals surface area contributed by atoms with E-state index in [-0.39, 0.29) is 0 Å². The molecule has 16 heavy (non-hydrogen) atoms. The second-order valence-electron chi connectivity index (χ2n) is 3.55. The van der Waals surface area contributed by atoms with Gasteiger partial charge in [-0.25, -0.2) is 8.78 Å². The van der Waals surface area contributed by atoms with E-state index in [0.717, 1.165) is 0 Å². The molecule has 0 saturated carbocycles. The summed E-state index contributed by atoms with van der Waals surface area (Å²) >= 11 is 0. The van der Waals surface area contributed by atoms with Crippen LogP contribution in [0.4, 0.5) is 20.3 Å². The molecule has 5 nitrogen and oxygen atoms in total. The number of aryl methyl sites for hydroxylation is 2. The molecule has 0 fully saturated rings. The number of nitrogens with two attached hydrogens (primary N) is 1. The SMILES string of the molecule is CCc1nn(C)c(NCC(F)(F)CO)c1N. The largest absolute Gasteiger partial charge is 0.394 e. The van der Waals surface area contributed by atoms with Gasteiger partial charge in [0, 0.05) is 7.05 Å². The van der Waals surface area contributed by atoms with Gasteiger partial charge in [-0.05, 0) is 6.42 Å². The Morgan fingerprint density at radius 1 is 1.56 bits per heavy atom. The zero-order valence-electron chi connectivity index (χ0n) is 9.30. The first-order valence-electron chi connectivity index (χ1n) is 4.95. The molecule has 0 aliphatic rings. The van der Waals surface area contributed by atoms with Crippen molar-refractivity contribution in [2.75, 3.05) is 24.2 Å². The summed E-state index contributed by atoms with van der Waals surface area (Å²) in [5, 5.41) is 15.0. The van der Waals surface area contributed by atoms with Gasteiger partial charge in [-0.2, -0.15) is 5.10 Å². The number of halogens is 2. The third-order valence-electron chi connectivity index (χ3n) is 2.24. The van der Waals surface area contributed by atoms with E-state index in [4.69, 9.17) is 10.8 Å². The number of nitrogens with zero attached hydrogens (tertiary/aromatic N) is 2. The van der Waals surface area contributed by atoms with Gasteiger partial charge in [-0.1, -0.05) is 6.92 Å². The Morgan fingerprint density at radius 2 is 2.19 bits per heavy atom. The highest BCUT2D eigenvalue weighted by molar-refractivity contribution is 5.65. The molecular weight excluding hydrogens is 218 g/mol. The lowest BCUT2D eigenvalue weighted by Crippen LogP contribution is -2.31. The second-order valence-corrected chi connectivity index (χ2v) is 3.55. The minimum Gasteiger partial charge on any atom is -0.394 e. The molecule has 1 rings (SSSR count). The molecule has 0 aliphatic heterocycles. The molecule has 0 radical (unpaired) electrons. The molecule has 92 valence electrons. The maximum Gasteiger partial charge on any atom is 0.287 e. The molecule has 1 heterocycles. The molecule has 0 saturated heterocycles. The lowest BCUT2D eigenvalue weighted by Gasteiger charge is -2.15. The van der Waals surface area contributed by atoms with Gasteiger partial charge in [0.15, 0.2) is 0 Å². The van der Waals surface area contributed by atoms with E-state index in [9.17, 15) is 8.78 Å². The van der Waals surface area contributed by atoms with Gasteiger partial charge >= 0.3 is 0 Å². The summed E-state index contributed by atoms with van der Waals surface area (Å²) in [6.45, 7) is 0.0135. The highest BCUT2D eigenvalue weighted by Crippen LogP contribution is 2.23. The molecule has 0 amide bonds. The molecule has 0 spiro atoms. The summed E-state index contributed by atoms with van der Waals surface area (Å²) < 4.78 is 27.0. The minimum atomic E-state index is -3.16. The molecule has 4 N–H and O–H groups in total. The number of aromatic nitrogens is 2. The topological polar surface area (TPSA) is 76.1 Å². The van der Waals surface area contributed by atoms with Crippen LogP contribution in [0.15, 0.2) is 0 Å². The van der Waals surface area contributed by atoms with Crippen LogP contribution in [0.2, 0.25) is 0 Å². The normalized spacial score (nSPS) is 11.8. The Balaban J connectivity index is 2.78. The van der Waals surface area contributed by atoms with E-state index in [0.29, 0.717) is 23.6 Å². The Kier molecular flexibility index (Phi) is 3.69. The van der Waals surface area contributed by atoms with Crippen LogP contribution in [0, 0.1) is 0 Å². The number of hydrogen-bond donors (Lipinski definition) is 3. The standard InChI is InChI=1S/C9H16F2N4O/c1-3-6-7(12)8(15(2)14-6)13-4-9(10,11)5-16/h13,16H,3-5,12H2,1-2H3. The smallest absolute Gasteiger partial charge is 0.287 e. The first kappa shape index (κ1) is 12.7. The summed E-state index contributed by atoms with van der Waals surface area (Å²) in [4.78, 5) is 0. The zero-order valence-corrected chi connectivity index (χ0v) is 9.30. The predicted octanol–water partition coefficient (Wildman–Crippen LogP) is 0.604. The fraction of sp³-hybridized carbons (Fsp3) is 0.667. The number of nitrogen functional groups attached to an aromatic ring is 1. The average molecular weight is 234 g/mol. The highest BCUT2D eigenvalue weighted by Gasteiger charge is 2.28. The van der Waals surface area contributed by atoms with E-state index in [1.54, 1.807) is 7.05 Å². The predicted molar refractivity (Wildman–Crippen MR) is 57.5 cm³/mol. The highest BCUT2D eigenvalue weighted by atomic mass is 19.3. The number of hydrogen-bond acceptors (Lipinski definition) is 4. The van der Waals surface area contributed by atoms with Crippen LogP contribution in [0.3, 0.4) is 0 Å². The summed E-state index contributed by atoms with van der Waals surface area (Å²) in [6, 6.07) is 0. The Hall–Kier alpha value is -1.37. The first-order chi connectivity index (χ1) is 7.41. The third kappa shape index (κ3) is 2.60. The Labute approximate surface area is 92.2 Å². The van der Waals surface area contributed by atoms with E-state index >= 15 is 0 Å². The van der Waals surface area contributed by atoms with E-state index in [1.165, 1.54) is 4.68 Å². The maximum atomic E-state index is 12.8. The zero-order chi connectivity index (χ0) is 12.3. The number of aliphatic hydroxyl groups is 1. The molecule has 7 heteroatoms. The lowest BCUT2D eigenvalue weighted by atomic mass is 10.3. The van der Waals surface area contributed by atoms with Crippen molar-refractivity contribution in [2.24, 2.45) is 7.05 Å². The van der Waals surface area contributed by atoms with Crippen molar-refractivity contribution in [1.82, 2.24) is 9.78 Å². The summed E-state index contributed by atoms with van der Waals surface area (Å²) in [6.07, 6.45) is 0.637. The van der Waals surface area contributed by atoms with Crippen LogP contribution in [0.25, 0.3) is 0 Å². The number of aliphatic hydroxyl groups excluding tert-OH is 1. The fourth-order valence-corrected chi connectivity index (χ4v) is 1.34. The molecule has 1 aromatic heterocycles. The van der Waals surface area contributed by atoms with Crippen LogP contribution >= 0.6 is 0 Å². The quantitative estimate of drug-likeness (QED) is 0.697. The van der Waals surface area contributed by atoms with Crippen LogP contribution < -0.4 is 11.1 Å². The van der Waals surface area contributed by atoms with Crippen LogP contribution in [0.1, 0.15) is 12.6 Å². The Bertz CT molecular complexity index is 365. The van der Waals surface area contributed by atoms with Gasteiger partial charge in [-0.3, -0.25) is 4.68 Å². The second kappa shape index (κ2) is 4.65. The van der Waals surface area contributed by atoms with Crippen molar-refractivity contribution >= 4 is 11.5 Å². The molecular formula is C9H16F2N4O. The molecule has 1 aromatic rings. The fourth-order valence-electron chi connectivity index (χ4n) is 1.34. The van der Waals surface area contributed by atoms with Crippen LogP contribution in [0.5, 0.6) is 0 Å². The van der Waals surface area contributed by atoms with Crippen molar-refractivity contribution in [2.45, 2.75) is 19.3 Å². The number of rotatable bonds is 5. The van der Waals surface area contributed by atoms with Gasteiger partial charge < -0.3 is 16.2 Å². The minimum absolute atomic E-state index is 0.352. The van der Waals surface area contributed by atoms with Crippen molar-refractivity contribution in [3.63, 3.8) is 0 Å². The molecule has 0 unspecified atom stereocenters. The summed E-state index contributed by atoms with van der Waals surface area (Å²) in [5.41, 5.74) is 6.77. The first-order valence-corrected chi connectivity index (χ1v) is 4.95. The number of anilines is 2. The van der Waals surface area contributed by atoms with Crippen molar-refractivity contribution in [3.05, 3.63) is 5.69 Å². The van der Waals surface area contributed by atoms with Crippen LogP contribution in [-0.4, -0.2) is 34.0 Å². The van der Waals surface area contributed by atoms with Crippen molar-refractivity contribution in [3.8, 4) is 0 Å². The van der Waals surface area contributed by atoms with Gasteiger partial charge in [0.25, 0.3) is 5.92 Å². The van der Waals surface area contributed by atoms with E-state index < -0.39 is 19.1 Å². The number of alkyl halides is 2. The van der Waals surface area contributed by atoms with Crippen LogP contribution in [-0.2, 0) is 13.5 Å². The maximum absolute atomic E-state index is 12.8. The summed E-state index contributed by atoms with van der Waals surface area (Å²) in [7, 11) is 1.62. The van der Waals surface area contributed by atoms with E-state index in [2.05, 4.69) is 10.4 Å². The average Bonchev–Trinajstić information content (AvgIpc) is 2.51. The molecule has 0 aliphatic carbocycles. The third-order valence-corrected chi connectivity index (χ3v) is 2.24. The van der Waals surface area contributed by atoms with Crippen molar-refractivity contribution < 1.29 is 13.9 Å². The van der Waals surface area contributed by atoms with E-state index in [1.807, 2.05) is 6.92 Å².